The normalized spacial score (nSPS) is 11.4. The molecule has 0 atom stereocenters. The molecule has 0 bridgehead atoms. The summed E-state index contributed by atoms with van der Waals surface area (Å²) in [7, 11) is -9.07. The van der Waals surface area contributed by atoms with Gasteiger partial charge in [0.05, 0.1) is 11.4 Å². The van der Waals surface area contributed by atoms with Crippen LogP contribution in [-0.4, -0.2) is 40.9 Å². The van der Waals surface area contributed by atoms with Crippen molar-refractivity contribution < 1.29 is 25.9 Å². The van der Waals surface area contributed by atoms with E-state index in [0.717, 1.165) is 12.1 Å². The summed E-state index contributed by atoms with van der Waals surface area (Å²) in [5.74, 6) is -0.540. The monoisotopic (exact) mass is 478 g/mol. The van der Waals surface area contributed by atoms with E-state index >= 15 is 0 Å². The van der Waals surface area contributed by atoms with Gasteiger partial charge in [-0.25, -0.2) is 0 Å². The third kappa shape index (κ3) is 5.35. The van der Waals surface area contributed by atoms with E-state index in [-0.39, 0.29) is 34.9 Å². The van der Waals surface area contributed by atoms with Crippen LogP contribution in [0.2, 0.25) is 0 Å². The topological polar surface area (TPSA) is 233 Å². The standard InChI is InChI=1S/C16H14N8O6S2/c17-8-19-14-22-15(20-9-5-6-12(10(18)7-9)31(25,26)27)24-16(23-14)21-11-3-1-2-4-13(11)32(28,29)30/h1-7H,18H2,(H,25,26,27)(H,28,29,30)(H3,19,20,21,22,23,24). The quantitative estimate of drug-likeness (QED) is 0.122. The molecule has 14 nitrogen and oxygen atoms in total. The molecule has 2 aromatic carbocycles. The second kappa shape index (κ2) is 8.60. The van der Waals surface area contributed by atoms with Crippen LogP contribution in [0.4, 0.5) is 34.9 Å². The Hall–Kier alpha value is -4.04. The average molecular weight is 478 g/mol. The number of hydrogen-bond donors (Lipinski definition) is 6. The summed E-state index contributed by atoms with van der Waals surface area (Å²) in [5, 5.41) is 16.4. The number of nitrogens with two attached hydrogens (primary N) is 1. The van der Waals surface area contributed by atoms with Crippen molar-refractivity contribution in [3.63, 3.8) is 0 Å². The van der Waals surface area contributed by atoms with E-state index in [9.17, 15) is 21.4 Å². The third-order valence-electron chi connectivity index (χ3n) is 3.76. The molecule has 0 saturated carbocycles. The largest absolute Gasteiger partial charge is 0.398 e. The molecule has 0 aliphatic carbocycles. The van der Waals surface area contributed by atoms with Gasteiger partial charge in [0.15, 0.2) is 6.19 Å². The summed E-state index contributed by atoms with van der Waals surface area (Å²) >= 11 is 0. The predicted octanol–water partition coefficient (Wildman–Crippen LogP) is 1.33. The van der Waals surface area contributed by atoms with Crippen molar-refractivity contribution in [3.05, 3.63) is 42.5 Å². The Morgan fingerprint density at radius 3 is 2.03 bits per heavy atom. The minimum atomic E-state index is -4.55. The summed E-state index contributed by atoms with van der Waals surface area (Å²) in [5.41, 5.74) is 5.59. The zero-order valence-electron chi connectivity index (χ0n) is 15.8. The van der Waals surface area contributed by atoms with Gasteiger partial charge in [0.2, 0.25) is 17.8 Å². The molecule has 0 unspecified atom stereocenters. The molecule has 1 aromatic heterocycles. The van der Waals surface area contributed by atoms with E-state index in [1.807, 2.05) is 0 Å². The summed E-state index contributed by atoms with van der Waals surface area (Å²) in [6.45, 7) is 0. The molecule has 0 aliphatic rings. The van der Waals surface area contributed by atoms with Gasteiger partial charge in [-0.2, -0.15) is 37.0 Å². The van der Waals surface area contributed by atoms with Crippen LogP contribution in [0.25, 0.3) is 0 Å². The Morgan fingerprint density at radius 1 is 0.844 bits per heavy atom. The predicted molar refractivity (Wildman–Crippen MR) is 113 cm³/mol. The van der Waals surface area contributed by atoms with Crippen molar-refractivity contribution in [3.8, 4) is 6.19 Å². The maximum Gasteiger partial charge on any atom is 0.296 e. The number of hydrogen-bond acceptors (Lipinski definition) is 12. The maximum atomic E-state index is 11.6. The molecule has 0 aliphatic heterocycles. The molecule has 0 saturated heterocycles. The molecule has 3 aromatic rings. The van der Waals surface area contributed by atoms with Crippen molar-refractivity contribution >= 4 is 55.1 Å². The molecule has 16 heteroatoms. The van der Waals surface area contributed by atoms with E-state index < -0.39 is 30.0 Å². The molecule has 0 radical (unpaired) electrons. The summed E-state index contributed by atoms with van der Waals surface area (Å²) in [6, 6.07) is 8.96. The summed E-state index contributed by atoms with van der Waals surface area (Å²) < 4.78 is 64.2. The van der Waals surface area contributed by atoms with Crippen LogP contribution in [-0.2, 0) is 20.2 Å². The van der Waals surface area contributed by atoms with Gasteiger partial charge < -0.3 is 16.4 Å². The maximum absolute atomic E-state index is 11.6. The number of nitriles is 1. The SMILES string of the molecule is N#CNc1nc(Nc2ccc(S(=O)(=O)O)c(N)c2)nc(Nc2ccccc2S(=O)(=O)O)n1. The fourth-order valence-electron chi connectivity index (χ4n) is 2.50. The highest BCUT2D eigenvalue weighted by Gasteiger charge is 2.17. The first-order valence-corrected chi connectivity index (χ1v) is 11.2. The van der Waals surface area contributed by atoms with Gasteiger partial charge in [0.25, 0.3) is 20.2 Å². The summed E-state index contributed by atoms with van der Waals surface area (Å²) in [6.07, 6.45) is 1.63. The van der Waals surface area contributed by atoms with Crippen LogP contribution in [0.1, 0.15) is 0 Å². The summed E-state index contributed by atoms with van der Waals surface area (Å²) in [4.78, 5) is 11.0. The van der Waals surface area contributed by atoms with Gasteiger partial charge in [-0.15, -0.1) is 0 Å². The smallest absolute Gasteiger partial charge is 0.296 e. The average Bonchev–Trinajstić information content (AvgIpc) is 2.66. The van der Waals surface area contributed by atoms with Gasteiger partial charge in [-0.3, -0.25) is 14.4 Å². The Bertz CT molecular complexity index is 1440. The van der Waals surface area contributed by atoms with Gasteiger partial charge in [0.1, 0.15) is 9.79 Å². The molecular formula is C16H14N8O6S2. The molecule has 0 spiro atoms. The van der Waals surface area contributed by atoms with E-state index in [4.69, 9.17) is 15.5 Å². The van der Waals surface area contributed by atoms with E-state index in [2.05, 4.69) is 30.9 Å². The lowest BCUT2D eigenvalue weighted by Crippen LogP contribution is -2.09. The highest BCUT2D eigenvalue weighted by molar-refractivity contribution is 7.86. The first-order valence-electron chi connectivity index (χ1n) is 8.36. The first-order chi connectivity index (χ1) is 15.0. The molecule has 3 rings (SSSR count). The first kappa shape index (κ1) is 22.6. The second-order valence-electron chi connectivity index (χ2n) is 5.99. The number of benzene rings is 2. The molecule has 0 amide bonds. The zero-order chi connectivity index (χ0) is 23.5. The van der Waals surface area contributed by atoms with Crippen LogP contribution < -0.4 is 21.7 Å². The van der Waals surface area contributed by atoms with E-state index in [1.165, 1.54) is 30.3 Å². The minimum absolute atomic E-state index is 0.0446. The Balaban J connectivity index is 1.98. The lowest BCUT2D eigenvalue weighted by molar-refractivity contribution is 0.481. The van der Waals surface area contributed by atoms with Crippen molar-refractivity contribution in [2.24, 2.45) is 0 Å². The number of nitrogen functional groups attached to an aromatic ring is 1. The van der Waals surface area contributed by atoms with Crippen molar-refractivity contribution in [2.45, 2.75) is 9.79 Å². The molecule has 32 heavy (non-hydrogen) atoms. The van der Waals surface area contributed by atoms with Crippen LogP contribution in [0.15, 0.2) is 52.3 Å². The number of anilines is 6. The molecular weight excluding hydrogens is 464 g/mol. The highest BCUT2D eigenvalue weighted by atomic mass is 32.2. The molecule has 0 fully saturated rings. The van der Waals surface area contributed by atoms with Crippen LogP contribution in [0.3, 0.4) is 0 Å². The Labute approximate surface area is 181 Å². The lowest BCUT2D eigenvalue weighted by Gasteiger charge is -2.12. The number of nitrogens with one attached hydrogen (secondary N) is 3. The lowest BCUT2D eigenvalue weighted by atomic mass is 10.3. The van der Waals surface area contributed by atoms with Gasteiger partial charge >= 0.3 is 0 Å². The molecule has 1 heterocycles. The van der Waals surface area contributed by atoms with E-state index in [1.54, 1.807) is 6.19 Å². The fraction of sp³-hybridized carbons (Fsp3) is 0. The van der Waals surface area contributed by atoms with Crippen molar-refractivity contribution in [1.29, 1.82) is 5.26 Å². The fourth-order valence-corrected chi connectivity index (χ4v) is 3.74. The number of para-hydroxylation sites is 1. The van der Waals surface area contributed by atoms with Crippen LogP contribution in [0.5, 0.6) is 0 Å². The molecule has 7 N–H and O–H groups in total. The Kier molecular flexibility index (Phi) is 6.09. The minimum Gasteiger partial charge on any atom is -0.398 e. The van der Waals surface area contributed by atoms with Crippen LogP contribution >= 0.6 is 0 Å². The third-order valence-corrected chi connectivity index (χ3v) is 5.60. The Morgan fingerprint density at radius 2 is 1.44 bits per heavy atom. The van der Waals surface area contributed by atoms with Gasteiger partial charge in [-0.1, -0.05) is 12.1 Å². The van der Waals surface area contributed by atoms with Gasteiger partial charge in [0, 0.05) is 5.69 Å². The number of rotatable bonds is 7. The van der Waals surface area contributed by atoms with E-state index in [0.29, 0.717) is 0 Å². The van der Waals surface area contributed by atoms with Crippen molar-refractivity contribution in [2.75, 3.05) is 21.7 Å². The van der Waals surface area contributed by atoms with Crippen molar-refractivity contribution in [1.82, 2.24) is 15.0 Å². The number of aromatic nitrogens is 3. The molecule has 166 valence electrons. The highest BCUT2D eigenvalue weighted by Crippen LogP contribution is 2.26. The van der Waals surface area contributed by atoms with Crippen LogP contribution in [0, 0.1) is 11.5 Å². The second-order valence-corrected chi connectivity index (χ2v) is 8.77. The zero-order valence-corrected chi connectivity index (χ0v) is 17.4. The van der Waals surface area contributed by atoms with Gasteiger partial charge in [-0.05, 0) is 30.3 Å². The number of nitrogens with zero attached hydrogens (tertiary/aromatic N) is 4.